The molecule has 29 heavy (non-hydrogen) atoms. The zero-order valence-electron chi connectivity index (χ0n) is 18.7. The number of hydrazone groups is 1. The maximum absolute atomic E-state index is 13.3. The third kappa shape index (κ3) is 6.69. The molecule has 1 fully saturated rings. The summed E-state index contributed by atoms with van der Waals surface area (Å²) in [6, 6.07) is 4.36. The number of amides is 1. The van der Waals surface area contributed by atoms with E-state index in [1.54, 1.807) is 6.92 Å². The van der Waals surface area contributed by atoms with Gasteiger partial charge < -0.3 is 4.74 Å². The number of hydrogen-bond acceptors (Lipinski definition) is 4. The highest BCUT2D eigenvalue weighted by atomic mass is 16.5. The Balaban J connectivity index is 2.32. The van der Waals surface area contributed by atoms with E-state index in [0.717, 1.165) is 37.7 Å². The summed E-state index contributed by atoms with van der Waals surface area (Å²) in [4.78, 5) is 25.6. The summed E-state index contributed by atoms with van der Waals surface area (Å²) in [6.45, 7) is 11.0. The van der Waals surface area contributed by atoms with Gasteiger partial charge in [0, 0.05) is 6.54 Å². The summed E-state index contributed by atoms with van der Waals surface area (Å²) < 4.78 is 5.15. The average molecular weight is 401 g/mol. The molecule has 0 unspecified atom stereocenters. The maximum atomic E-state index is 13.3. The monoisotopic (exact) mass is 400 g/mol. The third-order valence-electron chi connectivity index (χ3n) is 5.32. The molecule has 1 aliphatic rings. The Morgan fingerprint density at radius 3 is 2.21 bits per heavy atom. The molecule has 0 bridgehead atoms. The van der Waals surface area contributed by atoms with Crippen LogP contribution in [0.1, 0.15) is 75.6 Å². The Labute approximate surface area is 175 Å². The minimum atomic E-state index is -0.415. The van der Waals surface area contributed by atoms with Crippen LogP contribution in [0.5, 0.6) is 0 Å². The summed E-state index contributed by atoms with van der Waals surface area (Å²) >= 11 is 0. The van der Waals surface area contributed by atoms with Crippen LogP contribution in [0.3, 0.4) is 0 Å². The van der Waals surface area contributed by atoms with Crippen molar-refractivity contribution in [3.63, 3.8) is 0 Å². The molecule has 0 aliphatic heterocycles. The van der Waals surface area contributed by atoms with Crippen LogP contribution in [0.2, 0.25) is 0 Å². The molecule has 5 heteroatoms. The van der Waals surface area contributed by atoms with Crippen molar-refractivity contribution in [2.45, 2.75) is 79.6 Å². The molecule has 1 aromatic carbocycles. The van der Waals surface area contributed by atoms with Gasteiger partial charge in [-0.25, -0.2) is 9.80 Å². The number of hydrogen-bond donors (Lipinski definition) is 0. The van der Waals surface area contributed by atoms with Crippen LogP contribution in [-0.4, -0.2) is 35.7 Å². The number of rotatable bonds is 11. The zero-order chi connectivity index (χ0) is 21.4. The van der Waals surface area contributed by atoms with Crippen molar-refractivity contribution >= 4 is 17.6 Å². The highest BCUT2D eigenvalue weighted by Gasteiger charge is 2.28. The van der Waals surface area contributed by atoms with E-state index < -0.39 is 5.97 Å². The van der Waals surface area contributed by atoms with Crippen LogP contribution in [0.15, 0.2) is 17.2 Å². The Kier molecular flexibility index (Phi) is 8.87. The first kappa shape index (κ1) is 23.1. The molecule has 0 spiro atoms. The van der Waals surface area contributed by atoms with Gasteiger partial charge in [-0.1, -0.05) is 44.9 Å². The largest absolute Gasteiger partial charge is 0.461 e. The molecular formula is C24H36N2O3. The molecule has 0 saturated heterocycles. The lowest BCUT2D eigenvalue weighted by Gasteiger charge is -2.21. The number of benzene rings is 1. The van der Waals surface area contributed by atoms with Gasteiger partial charge in [-0.05, 0) is 68.6 Å². The standard InChI is InChI=1S/C24H36N2O3/c1-6-10-22(24(28)29-9-4)25-26(16-18-11-12-18)23(27)15-21-19(7-2)13-17(5)14-20(21)8-3/h13-14,18H,6-12,15-16H2,1-5H3. The highest BCUT2D eigenvalue weighted by molar-refractivity contribution is 6.36. The molecule has 0 aromatic heterocycles. The predicted octanol–water partition coefficient (Wildman–Crippen LogP) is 4.62. The van der Waals surface area contributed by atoms with E-state index >= 15 is 0 Å². The number of carbonyl (C=O) groups is 2. The minimum absolute atomic E-state index is 0.0388. The molecule has 1 amide bonds. The molecule has 1 aliphatic carbocycles. The Bertz CT molecular complexity index is 725. The van der Waals surface area contributed by atoms with Gasteiger partial charge in [0.1, 0.15) is 5.71 Å². The molecule has 2 rings (SSSR count). The van der Waals surface area contributed by atoms with Crippen molar-refractivity contribution in [2.24, 2.45) is 11.0 Å². The van der Waals surface area contributed by atoms with E-state index in [-0.39, 0.29) is 5.91 Å². The predicted molar refractivity (Wildman–Crippen MR) is 117 cm³/mol. The van der Waals surface area contributed by atoms with Crippen LogP contribution in [0, 0.1) is 12.8 Å². The lowest BCUT2D eigenvalue weighted by atomic mass is 9.92. The Morgan fingerprint density at radius 2 is 1.72 bits per heavy atom. The summed E-state index contributed by atoms with van der Waals surface area (Å²) in [5, 5.41) is 6.06. The SMILES string of the molecule is CCCC(=NN(CC1CC1)C(=O)Cc1c(CC)cc(C)cc1CC)C(=O)OCC. The normalized spacial score (nSPS) is 14.0. The van der Waals surface area contributed by atoms with Crippen molar-refractivity contribution in [3.8, 4) is 0 Å². The zero-order valence-corrected chi connectivity index (χ0v) is 18.7. The molecular weight excluding hydrogens is 364 g/mol. The molecule has 0 atom stereocenters. The number of nitrogens with zero attached hydrogens (tertiary/aromatic N) is 2. The fraction of sp³-hybridized carbons (Fsp3) is 0.625. The van der Waals surface area contributed by atoms with E-state index in [1.807, 2.05) is 6.92 Å². The number of esters is 1. The van der Waals surface area contributed by atoms with Gasteiger partial charge in [0.2, 0.25) is 5.91 Å². The molecule has 1 saturated carbocycles. The van der Waals surface area contributed by atoms with Gasteiger partial charge in [0.05, 0.1) is 13.0 Å². The lowest BCUT2D eigenvalue weighted by Crippen LogP contribution is -2.33. The van der Waals surface area contributed by atoms with Crippen LogP contribution >= 0.6 is 0 Å². The molecule has 0 heterocycles. The van der Waals surface area contributed by atoms with Crippen LogP contribution in [0.4, 0.5) is 0 Å². The highest BCUT2D eigenvalue weighted by Crippen LogP contribution is 2.30. The molecule has 0 radical (unpaired) electrons. The minimum Gasteiger partial charge on any atom is -0.461 e. The van der Waals surface area contributed by atoms with Crippen molar-refractivity contribution < 1.29 is 14.3 Å². The van der Waals surface area contributed by atoms with Crippen molar-refractivity contribution in [3.05, 3.63) is 34.4 Å². The average Bonchev–Trinajstić information content (AvgIpc) is 3.51. The summed E-state index contributed by atoms with van der Waals surface area (Å²) in [7, 11) is 0. The fourth-order valence-electron chi connectivity index (χ4n) is 3.61. The van der Waals surface area contributed by atoms with E-state index in [1.165, 1.54) is 21.7 Å². The van der Waals surface area contributed by atoms with Crippen molar-refractivity contribution in [1.82, 2.24) is 5.01 Å². The summed E-state index contributed by atoms with van der Waals surface area (Å²) in [5.74, 6) is 0.0342. The van der Waals surface area contributed by atoms with Gasteiger partial charge >= 0.3 is 5.97 Å². The van der Waals surface area contributed by atoms with E-state index in [4.69, 9.17) is 4.74 Å². The third-order valence-corrected chi connectivity index (χ3v) is 5.32. The first-order valence-corrected chi connectivity index (χ1v) is 11.1. The van der Waals surface area contributed by atoms with Crippen LogP contribution < -0.4 is 0 Å². The lowest BCUT2D eigenvalue weighted by molar-refractivity contribution is -0.135. The summed E-state index contributed by atoms with van der Waals surface area (Å²) in [5.41, 5.74) is 5.15. The Hall–Kier alpha value is -2.17. The second kappa shape index (κ2) is 11.1. The first-order valence-electron chi connectivity index (χ1n) is 11.1. The second-order valence-corrected chi connectivity index (χ2v) is 7.88. The van der Waals surface area contributed by atoms with E-state index in [9.17, 15) is 9.59 Å². The summed E-state index contributed by atoms with van der Waals surface area (Å²) in [6.07, 6.45) is 5.64. The quantitative estimate of drug-likeness (QED) is 0.309. The fourth-order valence-corrected chi connectivity index (χ4v) is 3.61. The first-order chi connectivity index (χ1) is 13.9. The van der Waals surface area contributed by atoms with Gasteiger partial charge in [0.15, 0.2) is 0 Å². The van der Waals surface area contributed by atoms with E-state index in [0.29, 0.717) is 37.6 Å². The molecule has 0 N–H and O–H groups in total. The smallest absolute Gasteiger partial charge is 0.354 e. The second-order valence-electron chi connectivity index (χ2n) is 7.88. The number of aryl methyl sites for hydroxylation is 3. The maximum Gasteiger partial charge on any atom is 0.354 e. The van der Waals surface area contributed by atoms with Crippen molar-refractivity contribution in [1.29, 1.82) is 0 Å². The van der Waals surface area contributed by atoms with E-state index in [2.05, 4.69) is 38.0 Å². The van der Waals surface area contributed by atoms with Crippen LogP contribution in [-0.2, 0) is 33.6 Å². The van der Waals surface area contributed by atoms with Gasteiger partial charge in [-0.2, -0.15) is 5.10 Å². The molecule has 5 nitrogen and oxygen atoms in total. The number of carbonyl (C=O) groups excluding carboxylic acids is 2. The number of ether oxygens (including phenoxy) is 1. The Morgan fingerprint density at radius 1 is 1.10 bits per heavy atom. The van der Waals surface area contributed by atoms with Gasteiger partial charge in [0.25, 0.3) is 0 Å². The van der Waals surface area contributed by atoms with Gasteiger partial charge in [-0.3, -0.25) is 4.79 Å². The molecule has 1 aromatic rings. The molecule has 160 valence electrons. The van der Waals surface area contributed by atoms with Crippen molar-refractivity contribution in [2.75, 3.05) is 13.2 Å². The van der Waals surface area contributed by atoms with Crippen LogP contribution in [0.25, 0.3) is 0 Å². The topological polar surface area (TPSA) is 59.0 Å². The van der Waals surface area contributed by atoms with Gasteiger partial charge in [-0.15, -0.1) is 0 Å².